The lowest BCUT2D eigenvalue weighted by Gasteiger charge is -2.13. The smallest absolute Gasteiger partial charge is 0.359 e. The van der Waals surface area contributed by atoms with E-state index >= 15 is 0 Å². The van der Waals surface area contributed by atoms with Crippen molar-refractivity contribution in [2.45, 2.75) is 26.5 Å². The van der Waals surface area contributed by atoms with Crippen LogP contribution in [0.3, 0.4) is 0 Å². The van der Waals surface area contributed by atoms with Crippen LogP contribution < -0.4 is 10.3 Å². The summed E-state index contributed by atoms with van der Waals surface area (Å²) >= 11 is 0. The molecule has 0 aliphatic rings. The minimum atomic E-state index is -0.571. The highest BCUT2D eigenvalue weighted by molar-refractivity contribution is 6.02. The van der Waals surface area contributed by atoms with Gasteiger partial charge in [-0.15, -0.1) is 0 Å². The molecular formula is C20H20N2O4. The lowest BCUT2D eigenvalue weighted by molar-refractivity contribution is 0.0464. The van der Waals surface area contributed by atoms with Gasteiger partial charge in [0, 0.05) is 5.39 Å². The highest BCUT2D eigenvalue weighted by atomic mass is 16.5. The second-order valence-electron chi connectivity index (χ2n) is 6.17. The normalized spacial score (nSPS) is 10.9. The molecule has 134 valence electrons. The molecule has 6 heteroatoms. The van der Waals surface area contributed by atoms with Crippen molar-refractivity contribution < 1.29 is 14.3 Å². The highest BCUT2D eigenvalue weighted by Crippen LogP contribution is 2.17. The number of esters is 1. The van der Waals surface area contributed by atoms with Gasteiger partial charge >= 0.3 is 5.97 Å². The lowest BCUT2D eigenvalue weighted by Crippen LogP contribution is -2.27. The number of hydrogen-bond acceptors (Lipinski definition) is 5. The molecule has 0 fully saturated rings. The van der Waals surface area contributed by atoms with Gasteiger partial charge in [-0.3, -0.25) is 4.79 Å². The summed E-state index contributed by atoms with van der Waals surface area (Å²) in [4.78, 5) is 25.2. The quantitative estimate of drug-likeness (QED) is 0.659. The first-order valence-electron chi connectivity index (χ1n) is 8.33. The number of hydrogen-bond donors (Lipinski definition) is 0. The minimum Gasteiger partial charge on any atom is -0.497 e. The average Bonchev–Trinajstić information content (AvgIpc) is 2.66. The molecule has 0 atom stereocenters. The van der Waals surface area contributed by atoms with Crippen LogP contribution in [-0.2, 0) is 11.3 Å². The van der Waals surface area contributed by atoms with Crippen molar-refractivity contribution in [1.82, 2.24) is 9.78 Å². The number of methoxy groups -OCH3 is 1. The van der Waals surface area contributed by atoms with E-state index in [-0.39, 0.29) is 23.9 Å². The molecule has 1 aromatic heterocycles. The molecule has 0 saturated carbocycles. The van der Waals surface area contributed by atoms with E-state index in [2.05, 4.69) is 5.10 Å². The first-order chi connectivity index (χ1) is 12.5. The number of fused-ring (bicyclic) bond motifs is 1. The van der Waals surface area contributed by atoms with Gasteiger partial charge in [0.2, 0.25) is 0 Å². The van der Waals surface area contributed by atoms with Crippen molar-refractivity contribution in [3.63, 3.8) is 0 Å². The lowest BCUT2D eigenvalue weighted by atomic mass is 10.1. The van der Waals surface area contributed by atoms with Gasteiger partial charge in [-0.1, -0.05) is 30.3 Å². The zero-order valence-corrected chi connectivity index (χ0v) is 14.9. The van der Waals surface area contributed by atoms with E-state index in [4.69, 9.17) is 9.47 Å². The molecular weight excluding hydrogens is 332 g/mol. The van der Waals surface area contributed by atoms with Crippen molar-refractivity contribution in [1.29, 1.82) is 0 Å². The van der Waals surface area contributed by atoms with Gasteiger partial charge < -0.3 is 9.47 Å². The zero-order chi connectivity index (χ0) is 18.7. The zero-order valence-electron chi connectivity index (χ0n) is 14.9. The summed E-state index contributed by atoms with van der Waals surface area (Å²) < 4.78 is 11.9. The predicted octanol–water partition coefficient (Wildman–Crippen LogP) is 3.34. The van der Waals surface area contributed by atoms with E-state index in [0.29, 0.717) is 16.5 Å². The second kappa shape index (κ2) is 7.39. The van der Waals surface area contributed by atoms with Crippen LogP contribution in [0, 0.1) is 0 Å². The van der Waals surface area contributed by atoms with Crippen molar-refractivity contribution in [3.05, 3.63) is 70.1 Å². The van der Waals surface area contributed by atoms with Gasteiger partial charge in [-0.25, -0.2) is 9.48 Å². The number of rotatable bonds is 5. The average molecular weight is 352 g/mol. The van der Waals surface area contributed by atoms with Gasteiger partial charge in [-0.2, -0.15) is 5.10 Å². The van der Waals surface area contributed by atoms with E-state index in [1.54, 1.807) is 37.4 Å². The monoisotopic (exact) mass is 352 g/mol. The summed E-state index contributed by atoms with van der Waals surface area (Å²) in [5.41, 5.74) is 0.718. The van der Waals surface area contributed by atoms with E-state index in [1.165, 1.54) is 4.68 Å². The maximum atomic E-state index is 12.6. The van der Waals surface area contributed by atoms with Gasteiger partial charge in [0.1, 0.15) is 12.4 Å². The summed E-state index contributed by atoms with van der Waals surface area (Å²) in [6.07, 6.45) is 0. The molecule has 6 nitrogen and oxygen atoms in total. The number of nitrogens with zero attached hydrogens (tertiary/aromatic N) is 2. The Hall–Kier alpha value is -3.15. The van der Waals surface area contributed by atoms with E-state index in [0.717, 1.165) is 5.56 Å². The van der Waals surface area contributed by atoms with Crippen molar-refractivity contribution in [2.75, 3.05) is 7.11 Å². The van der Waals surface area contributed by atoms with E-state index in [1.807, 2.05) is 32.0 Å². The molecule has 0 spiro atoms. The Morgan fingerprint density at radius 3 is 2.54 bits per heavy atom. The summed E-state index contributed by atoms with van der Waals surface area (Å²) in [6, 6.07) is 14.0. The van der Waals surface area contributed by atoms with Gasteiger partial charge in [0.05, 0.1) is 18.5 Å². The summed E-state index contributed by atoms with van der Waals surface area (Å²) in [7, 11) is 1.58. The molecule has 0 aliphatic carbocycles. The Morgan fingerprint density at radius 2 is 1.85 bits per heavy atom. The predicted molar refractivity (Wildman–Crippen MR) is 98.5 cm³/mol. The van der Waals surface area contributed by atoms with Crippen LogP contribution in [0.1, 0.15) is 35.9 Å². The molecule has 3 aromatic rings. The molecule has 2 aromatic carbocycles. The van der Waals surface area contributed by atoms with Crippen molar-refractivity contribution in [3.8, 4) is 5.75 Å². The van der Waals surface area contributed by atoms with Crippen LogP contribution in [-0.4, -0.2) is 22.9 Å². The second-order valence-corrected chi connectivity index (χ2v) is 6.17. The Morgan fingerprint density at radius 1 is 1.12 bits per heavy atom. The van der Waals surface area contributed by atoms with E-state index in [9.17, 15) is 9.59 Å². The van der Waals surface area contributed by atoms with Crippen molar-refractivity contribution in [2.24, 2.45) is 0 Å². The fourth-order valence-corrected chi connectivity index (χ4v) is 2.69. The van der Waals surface area contributed by atoms with Gasteiger partial charge in [0.15, 0.2) is 5.69 Å². The number of carbonyl (C=O) groups is 1. The molecule has 3 rings (SSSR count). The van der Waals surface area contributed by atoms with Gasteiger partial charge in [0.25, 0.3) is 5.56 Å². The molecule has 0 radical (unpaired) electrons. The maximum Gasteiger partial charge on any atom is 0.359 e. The number of carbonyl (C=O) groups excluding carboxylic acids is 1. The fraction of sp³-hybridized carbons (Fsp3) is 0.250. The topological polar surface area (TPSA) is 70.4 Å². The largest absolute Gasteiger partial charge is 0.497 e. The molecule has 0 saturated heterocycles. The fourth-order valence-electron chi connectivity index (χ4n) is 2.69. The van der Waals surface area contributed by atoms with Crippen LogP contribution in [0.15, 0.2) is 53.3 Å². The molecule has 0 aliphatic heterocycles. The standard InChI is InChI=1S/C20H20N2O4/c1-13(2)22-19(23)17-10-5-4-9-16(17)18(21-22)20(24)26-12-14-7-6-8-15(11-14)25-3/h4-11,13H,12H2,1-3H3. The number of ether oxygens (including phenoxy) is 2. The maximum absolute atomic E-state index is 12.6. The molecule has 0 unspecified atom stereocenters. The third kappa shape index (κ3) is 3.44. The van der Waals surface area contributed by atoms with Crippen LogP contribution in [0.25, 0.3) is 10.8 Å². The highest BCUT2D eigenvalue weighted by Gasteiger charge is 2.19. The summed E-state index contributed by atoms with van der Waals surface area (Å²) in [5, 5.41) is 5.19. The van der Waals surface area contributed by atoms with Gasteiger partial charge in [-0.05, 0) is 37.6 Å². The first kappa shape index (κ1) is 17.7. The SMILES string of the molecule is COc1cccc(COC(=O)c2nn(C(C)C)c(=O)c3ccccc23)c1. The molecule has 0 N–H and O–H groups in total. The van der Waals surface area contributed by atoms with Crippen LogP contribution >= 0.6 is 0 Å². The third-order valence-corrected chi connectivity index (χ3v) is 4.01. The Kier molecular flexibility index (Phi) is 5.02. The van der Waals surface area contributed by atoms with Crippen LogP contribution in [0.5, 0.6) is 5.75 Å². The molecule has 1 heterocycles. The Balaban J connectivity index is 1.95. The van der Waals surface area contributed by atoms with E-state index < -0.39 is 5.97 Å². The number of aromatic nitrogens is 2. The number of benzene rings is 2. The minimum absolute atomic E-state index is 0.0901. The molecule has 0 amide bonds. The van der Waals surface area contributed by atoms with Crippen molar-refractivity contribution >= 4 is 16.7 Å². The summed E-state index contributed by atoms with van der Waals surface area (Å²) in [5.74, 6) is 0.119. The van der Waals surface area contributed by atoms with Crippen LogP contribution in [0.2, 0.25) is 0 Å². The third-order valence-electron chi connectivity index (χ3n) is 4.01. The Bertz CT molecular complexity index is 1010. The van der Waals surface area contributed by atoms with Crippen LogP contribution in [0.4, 0.5) is 0 Å². The molecule has 26 heavy (non-hydrogen) atoms. The summed E-state index contributed by atoms with van der Waals surface area (Å²) in [6.45, 7) is 3.77. The molecule has 0 bridgehead atoms. The first-order valence-corrected chi connectivity index (χ1v) is 8.33. The Labute approximate surface area is 151 Å².